The molecule has 3 aromatic rings. The fourth-order valence-corrected chi connectivity index (χ4v) is 5.28. The molecule has 3 fully saturated rings. The molecule has 190 valence electrons. The van der Waals surface area contributed by atoms with Crippen LogP contribution in [0.2, 0.25) is 0 Å². The van der Waals surface area contributed by atoms with Crippen LogP contribution in [0.4, 0.5) is 32.4 Å². The number of benzene rings is 1. The van der Waals surface area contributed by atoms with E-state index in [-0.39, 0.29) is 18.0 Å². The molecule has 13 heteroatoms. The van der Waals surface area contributed by atoms with E-state index >= 15 is 0 Å². The molecule has 2 aromatic heterocycles. The Hall–Kier alpha value is -3.64. The summed E-state index contributed by atoms with van der Waals surface area (Å²) in [4.78, 5) is 22.1. The number of alkyl halides is 3. The molecule has 1 saturated carbocycles. The quantitative estimate of drug-likeness (QED) is 0.471. The maximum atomic E-state index is 14.8. The number of halogens is 5. The molecule has 2 bridgehead atoms. The first-order valence-corrected chi connectivity index (χ1v) is 11.3. The summed E-state index contributed by atoms with van der Waals surface area (Å²) in [5, 5.41) is 10.4. The summed E-state index contributed by atoms with van der Waals surface area (Å²) < 4.78 is 74.6. The number of aromatic nitrogens is 4. The summed E-state index contributed by atoms with van der Waals surface area (Å²) in [7, 11) is 0. The average Bonchev–Trinajstić information content (AvgIpc) is 3.26. The van der Waals surface area contributed by atoms with E-state index in [0.29, 0.717) is 37.0 Å². The predicted molar refractivity (Wildman–Crippen MR) is 115 cm³/mol. The SMILES string of the molecule is CC[C@@H]1C[C@@H]2C[C@](c3nnc(C)o3)(C1)N2C(=O)Nc1cc(-c2ncc(F)cn2)c(C(F)(F)F)cc1F. The van der Waals surface area contributed by atoms with E-state index in [1.54, 1.807) is 6.92 Å². The molecule has 1 aliphatic carbocycles. The highest BCUT2D eigenvalue weighted by molar-refractivity contribution is 5.92. The molecule has 2 saturated heterocycles. The monoisotopic (exact) mass is 508 g/mol. The van der Waals surface area contributed by atoms with Gasteiger partial charge >= 0.3 is 12.2 Å². The number of amides is 2. The zero-order valence-electron chi connectivity index (χ0n) is 19.2. The van der Waals surface area contributed by atoms with Gasteiger partial charge in [-0.2, -0.15) is 13.2 Å². The van der Waals surface area contributed by atoms with E-state index in [9.17, 15) is 26.7 Å². The Kier molecular flexibility index (Phi) is 5.67. The number of aryl methyl sites for hydroxylation is 1. The van der Waals surface area contributed by atoms with Crippen LogP contribution in [0.3, 0.4) is 0 Å². The van der Waals surface area contributed by atoms with E-state index in [1.807, 2.05) is 6.92 Å². The third-order valence-corrected chi connectivity index (χ3v) is 6.87. The van der Waals surface area contributed by atoms with Gasteiger partial charge in [-0.05, 0) is 30.9 Å². The third kappa shape index (κ3) is 3.95. The van der Waals surface area contributed by atoms with Crippen LogP contribution in [-0.4, -0.2) is 37.1 Å². The number of hydrogen-bond acceptors (Lipinski definition) is 6. The van der Waals surface area contributed by atoms with Gasteiger partial charge in [-0.25, -0.2) is 23.5 Å². The van der Waals surface area contributed by atoms with Gasteiger partial charge in [0.25, 0.3) is 0 Å². The van der Waals surface area contributed by atoms with Crippen LogP contribution in [-0.2, 0) is 11.7 Å². The highest BCUT2D eigenvalue weighted by Crippen LogP contribution is 2.56. The molecular formula is C23H21F5N6O2. The maximum Gasteiger partial charge on any atom is 0.417 e. The van der Waals surface area contributed by atoms with Crippen molar-refractivity contribution in [2.45, 2.75) is 57.3 Å². The van der Waals surface area contributed by atoms with Crippen molar-refractivity contribution in [2.24, 2.45) is 5.92 Å². The molecule has 2 aliphatic heterocycles. The summed E-state index contributed by atoms with van der Waals surface area (Å²) in [5.41, 5.74) is -3.32. The van der Waals surface area contributed by atoms with E-state index in [4.69, 9.17) is 4.42 Å². The number of nitrogens with zero attached hydrogens (tertiary/aromatic N) is 5. The van der Waals surface area contributed by atoms with E-state index in [0.717, 1.165) is 18.9 Å². The van der Waals surface area contributed by atoms with Crippen LogP contribution in [0.5, 0.6) is 0 Å². The minimum atomic E-state index is -4.94. The molecule has 8 nitrogen and oxygen atoms in total. The number of rotatable bonds is 4. The first kappa shape index (κ1) is 24.1. The molecule has 6 rings (SSSR count). The van der Waals surface area contributed by atoms with Gasteiger partial charge in [0, 0.05) is 24.9 Å². The van der Waals surface area contributed by atoms with Crippen molar-refractivity contribution < 1.29 is 31.2 Å². The lowest BCUT2D eigenvalue weighted by molar-refractivity contribution is -0.137. The van der Waals surface area contributed by atoms with Crippen molar-refractivity contribution in [3.05, 3.63) is 53.5 Å². The molecular weight excluding hydrogens is 487 g/mol. The minimum absolute atomic E-state index is 0.173. The number of piperidine rings is 1. The van der Waals surface area contributed by atoms with Gasteiger partial charge in [0.1, 0.15) is 11.4 Å². The van der Waals surface area contributed by atoms with Crippen LogP contribution in [0.1, 0.15) is 50.0 Å². The van der Waals surface area contributed by atoms with E-state index in [1.165, 1.54) is 4.90 Å². The molecule has 36 heavy (non-hydrogen) atoms. The van der Waals surface area contributed by atoms with Crippen molar-refractivity contribution in [3.63, 3.8) is 0 Å². The summed E-state index contributed by atoms with van der Waals surface area (Å²) in [6.07, 6.45) is -0.780. The molecule has 3 aliphatic rings. The van der Waals surface area contributed by atoms with Crippen LogP contribution >= 0.6 is 0 Å². The fraction of sp³-hybridized carbons (Fsp3) is 0.435. The number of anilines is 1. The summed E-state index contributed by atoms with van der Waals surface area (Å²) in [6.45, 7) is 3.67. The van der Waals surface area contributed by atoms with Crippen LogP contribution in [0, 0.1) is 24.5 Å². The smallest absolute Gasteiger partial charge is 0.417 e. The first-order chi connectivity index (χ1) is 17.0. The number of carbonyl (C=O) groups excluding carboxylic acids is 1. The topological polar surface area (TPSA) is 97.0 Å². The molecule has 4 heterocycles. The van der Waals surface area contributed by atoms with Gasteiger partial charge in [0.05, 0.1) is 23.6 Å². The summed E-state index contributed by atoms with van der Waals surface area (Å²) >= 11 is 0. The van der Waals surface area contributed by atoms with Crippen LogP contribution < -0.4 is 5.32 Å². The molecule has 0 radical (unpaired) electrons. The Balaban J connectivity index is 1.50. The zero-order chi connectivity index (χ0) is 25.8. The molecule has 2 amide bonds. The Morgan fingerprint density at radius 3 is 2.53 bits per heavy atom. The highest BCUT2D eigenvalue weighted by Gasteiger charge is 2.62. The van der Waals surface area contributed by atoms with Crippen molar-refractivity contribution in [3.8, 4) is 11.4 Å². The van der Waals surface area contributed by atoms with Crippen molar-refractivity contribution in [1.82, 2.24) is 25.1 Å². The number of carbonyl (C=O) groups is 1. The molecule has 0 unspecified atom stereocenters. The van der Waals surface area contributed by atoms with E-state index in [2.05, 4.69) is 25.5 Å². The zero-order valence-corrected chi connectivity index (χ0v) is 19.2. The van der Waals surface area contributed by atoms with Gasteiger partial charge in [-0.3, -0.25) is 0 Å². The predicted octanol–water partition coefficient (Wildman–Crippen LogP) is 5.45. The number of urea groups is 1. The van der Waals surface area contributed by atoms with Crippen LogP contribution in [0.15, 0.2) is 28.9 Å². The Morgan fingerprint density at radius 2 is 1.92 bits per heavy atom. The van der Waals surface area contributed by atoms with Gasteiger partial charge < -0.3 is 14.6 Å². The number of hydrogen-bond donors (Lipinski definition) is 1. The second-order valence-corrected chi connectivity index (χ2v) is 9.13. The normalized spacial score (nSPS) is 23.4. The van der Waals surface area contributed by atoms with Gasteiger partial charge in [0.2, 0.25) is 11.8 Å². The molecule has 0 spiro atoms. The highest BCUT2D eigenvalue weighted by atomic mass is 19.4. The Morgan fingerprint density at radius 1 is 1.19 bits per heavy atom. The Bertz CT molecular complexity index is 1310. The summed E-state index contributed by atoms with van der Waals surface area (Å²) in [6, 6.07) is 0.186. The van der Waals surface area contributed by atoms with Gasteiger partial charge in [-0.1, -0.05) is 13.3 Å². The van der Waals surface area contributed by atoms with Crippen molar-refractivity contribution >= 4 is 11.7 Å². The first-order valence-electron chi connectivity index (χ1n) is 11.3. The lowest BCUT2D eigenvalue weighted by Crippen LogP contribution is -2.70. The standard InChI is InChI=1S/C23H21F5N6O2/c1-3-12-4-14-8-22(7-12,20-33-32-11(2)36-20)34(14)21(35)31-18-5-15(19-29-9-13(24)10-30-19)16(6-17(18)25)23(26,27)28/h5-6,9-10,12,14H,3-4,7-8H2,1-2H3,(H,31,35)/t12-,14-,22+/m1/s1. The number of nitrogens with one attached hydrogen (secondary N) is 1. The average molecular weight is 508 g/mol. The molecule has 3 atom stereocenters. The lowest BCUT2D eigenvalue weighted by atomic mass is 9.63. The van der Waals surface area contributed by atoms with Crippen molar-refractivity contribution in [2.75, 3.05) is 5.32 Å². The van der Waals surface area contributed by atoms with Gasteiger partial charge in [-0.15, -0.1) is 10.2 Å². The number of fused-ring (bicyclic) bond motifs is 2. The second-order valence-electron chi connectivity index (χ2n) is 9.13. The largest absolute Gasteiger partial charge is 0.423 e. The third-order valence-electron chi connectivity index (χ3n) is 6.87. The maximum absolute atomic E-state index is 14.8. The van der Waals surface area contributed by atoms with Gasteiger partial charge in [0.15, 0.2) is 11.6 Å². The minimum Gasteiger partial charge on any atom is -0.423 e. The Labute approximate surface area is 201 Å². The van der Waals surface area contributed by atoms with Crippen molar-refractivity contribution in [1.29, 1.82) is 0 Å². The summed E-state index contributed by atoms with van der Waals surface area (Å²) in [5.74, 6) is -1.69. The van der Waals surface area contributed by atoms with Crippen LogP contribution in [0.25, 0.3) is 11.4 Å². The fourth-order valence-electron chi connectivity index (χ4n) is 5.28. The molecule has 1 aromatic carbocycles. The lowest BCUT2D eigenvalue weighted by Gasteiger charge is -2.61. The second kappa shape index (κ2) is 8.49. The molecule has 1 N–H and O–H groups in total. The van der Waals surface area contributed by atoms with E-state index < -0.39 is 52.0 Å².